The van der Waals surface area contributed by atoms with Crippen LogP contribution >= 0.6 is 0 Å². The van der Waals surface area contributed by atoms with Crippen LogP contribution in [0.25, 0.3) is 49.9 Å². The van der Waals surface area contributed by atoms with E-state index in [1.54, 1.807) is 0 Å². The number of furan rings is 1. The van der Waals surface area contributed by atoms with Crippen molar-refractivity contribution in [1.82, 2.24) is 9.88 Å². The number of benzene rings is 5. The van der Waals surface area contributed by atoms with Crippen molar-refractivity contribution in [3.63, 3.8) is 0 Å². The first-order valence-electron chi connectivity index (χ1n) is 22.2. The number of nitrogens with one attached hydrogen (secondary N) is 1. The molecule has 0 fully saturated rings. The summed E-state index contributed by atoms with van der Waals surface area (Å²) >= 11 is 0. The molecular weight excluding hydrogens is 763 g/mol. The lowest BCUT2D eigenvalue weighted by atomic mass is 9.91. The van der Waals surface area contributed by atoms with Crippen molar-refractivity contribution in [2.45, 2.75) is 57.0 Å². The molecule has 7 aromatic rings. The van der Waals surface area contributed by atoms with Crippen LogP contribution in [0, 0.1) is 11.8 Å². The van der Waals surface area contributed by atoms with Crippen molar-refractivity contribution in [1.29, 1.82) is 0 Å². The van der Waals surface area contributed by atoms with Crippen molar-refractivity contribution in [3.8, 4) is 5.69 Å². The molecule has 0 saturated carbocycles. The lowest BCUT2D eigenvalue weighted by molar-refractivity contribution is -0.600. The third-order valence-corrected chi connectivity index (χ3v) is 13.2. The summed E-state index contributed by atoms with van der Waals surface area (Å²) < 4.78 is 8.94. The number of nitrogens with zero attached hydrogens (tertiary/aromatic N) is 5. The highest BCUT2D eigenvalue weighted by molar-refractivity contribution is 6.19. The zero-order valence-electron chi connectivity index (χ0n) is 34.4. The zero-order chi connectivity index (χ0) is 41.0. The monoisotopic (exact) mass is 809 g/mol. The van der Waals surface area contributed by atoms with E-state index in [9.17, 15) is 0 Å². The quantitative estimate of drug-likeness (QED) is 0.157. The fraction of sp³-hybridized carbons (Fsp3) is 0.204. The van der Waals surface area contributed by atoms with Gasteiger partial charge >= 0.3 is 0 Å². The molecule has 2 aliphatic heterocycles. The van der Waals surface area contributed by atoms with Crippen LogP contribution in [-0.4, -0.2) is 28.2 Å². The van der Waals surface area contributed by atoms with Crippen LogP contribution in [0.3, 0.4) is 0 Å². The van der Waals surface area contributed by atoms with E-state index >= 15 is 0 Å². The molecule has 5 aliphatic rings. The van der Waals surface area contributed by atoms with E-state index in [0.717, 1.165) is 112 Å². The van der Waals surface area contributed by atoms with Crippen LogP contribution in [-0.2, 0) is 6.42 Å². The van der Waals surface area contributed by atoms with Crippen molar-refractivity contribution >= 4 is 56.4 Å². The van der Waals surface area contributed by atoms with Gasteiger partial charge in [0.05, 0.1) is 28.5 Å². The van der Waals surface area contributed by atoms with Gasteiger partial charge in [-0.05, 0) is 110 Å². The molecule has 62 heavy (non-hydrogen) atoms. The first kappa shape index (κ1) is 36.9. The summed E-state index contributed by atoms with van der Waals surface area (Å²) in [5.41, 5.74) is 9.83. The number of hydrogen-bond donors (Lipinski definition) is 2. The van der Waals surface area contributed by atoms with E-state index in [2.05, 4.69) is 179 Å². The van der Waals surface area contributed by atoms with Crippen LogP contribution in [0.15, 0.2) is 177 Å². The van der Waals surface area contributed by atoms with Gasteiger partial charge in [0.1, 0.15) is 17.5 Å². The smallest absolute Gasteiger partial charge is 0.230 e. The van der Waals surface area contributed by atoms with Crippen molar-refractivity contribution in [3.05, 3.63) is 197 Å². The lowest BCUT2D eigenvalue weighted by Crippen LogP contribution is -2.93. The van der Waals surface area contributed by atoms with Gasteiger partial charge in [-0.15, -0.1) is 0 Å². The van der Waals surface area contributed by atoms with E-state index < -0.39 is 0 Å². The molecule has 5 atom stereocenters. The maximum absolute atomic E-state index is 6.51. The number of nitrogens with two attached hydrogens (primary N) is 1. The Hall–Kier alpha value is -6.87. The molecule has 12 rings (SSSR count). The largest absolute Gasteiger partial charge is 0.456 e. The molecule has 8 nitrogen and oxygen atoms in total. The first-order chi connectivity index (χ1) is 30.7. The highest BCUT2D eigenvalue weighted by Gasteiger charge is 2.31. The fourth-order valence-corrected chi connectivity index (χ4v) is 10.0. The Morgan fingerprint density at radius 2 is 1.60 bits per heavy atom. The van der Waals surface area contributed by atoms with Gasteiger partial charge in [0.15, 0.2) is 6.17 Å². The minimum Gasteiger partial charge on any atom is -0.456 e. The Morgan fingerprint density at radius 1 is 0.726 bits per heavy atom. The Bertz CT molecular complexity index is 3090. The number of rotatable bonds is 7. The Kier molecular flexibility index (Phi) is 9.26. The van der Waals surface area contributed by atoms with Gasteiger partial charge in [0.25, 0.3) is 0 Å². The third kappa shape index (κ3) is 6.58. The molecule has 8 heteroatoms. The molecule has 3 aliphatic carbocycles. The minimum atomic E-state index is -0.275. The van der Waals surface area contributed by atoms with Gasteiger partial charge in [-0.25, -0.2) is 10.3 Å². The predicted molar refractivity (Wildman–Crippen MR) is 252 cm³/mol. The van der Waals surface area contributed by atoms with E-state index in [-0.39, 0.29) is 30.3 Å². The van der Waals surface area contributed by atoms with E-state index in [4.69, 9.17) is 24.7 Å². The molecule has 0 saturated heterocycles. The second-order valence-corrected chi connectivity index (χ2v) is 17.0. The van der Waals surface area contributed by atoms with Gasteiger partial charge in [0, 0.05) is 45.0 Å². The number of hydrogen-bond acceptors (Lipinski definition) is 5. The summed E-state index contributed by atoms with van der Waals surface area (Å²) in [7, 11) is 0. The SMILES string of the molecule is C1=CCC(C2N=C(C3CC=CCC3)N=C(c3cc(C4NC(c5ccccc5)N=C(c5ccccc5)[NH2+]4)ccc3-n3c4ccccc4c4cc5oc6c(c5cc43)CCC=C6)[N-]2)C=C1. The number of aryl methyl sites for hydroxylation is 1. The number of aromatic nitrogens is 1. The molecule has 0 spiro atoms. The number of allylic oxidation sites excluding steroid dienone is 6. The molecule has 0 radical (unpaired) electrons. The average molecular weight is 810 g/mol. The molecule has 0 amide bonds. The molecule has 0 bridgehead atoms. The lowest BCUT2D eigenvalue weighted by Gasteiger charge is -2.39. The summed E-state index contributed by atoms with van der Waals surface area (Å²) in [6.07, 6.45) is 22.9. The Morgan fingerprint density at radius 3 is 2.45 bits per heavy atom. The van der Waals surface area contributed by atoms with E-state index in [0.29, 0.717) is 0 Å². The van der Waals surface area contributed by atoms with Crippen LogP contribution in [0.1, 0.15) is 78.0 Å². The third-order valence-electron chi connectivity index (χ3n) is 13.2. The van der Waals surface area contributed by atoms with Gasteiger partial charge in [-0.2, -0.15) is 0 Å². The maximum Gasteiger partial charge on any atom is 0.230 e. The second kappa shape index (κ2) is 15.5. The summed E-state index contributed by atoms with van der Waals surface area (Å²) in [6.45, 7) is 0. The Balaban J connectivity index is 1.07. The molecule has 4 heterocycles. The van der Waals surface area contributed by atoms with Crippen LogP contribution < -0.4 is 10.6 Å². The van der Waals surface area contributed by atoms with Crippen LogP contribution in [0.4, 0.5) is 0 Å². The molecule has 5 aromatic carbocycles. The van der Waals surface area contributed by atoms with Crippen molar-refractivity contribution in [2.75, 3.05) is 0 Å². The van der Waals surface area contributed by atoms with Gasteiger partial charge < -0.3 is 19.3 Å². The zero-order valence-corrected chi connectivity index (χ0v) is 34.4. The summed E-state index contributed by atoms with van der Waals surface area (Å²) in [5, 5.41) is 15.2. The highest BCUT2D eigenvalue weighted by Crippen LogP contribution is 2.41. The number of aliphatic imine (C=N–C) groups is 3. The second-order valence-electron chi connectivity index (χ2n) is 17.0. The van der Waals surface area contributed by atoms with Crippen LogP contribution in [0.2, 0.25) is 0 Å². The summed E-state index contributed by atoms with van der Waals surface area (Å²) in [6, 6.07) is 41.3. The van der Waals surface area contributed by atoms with E-state index in [1.807, 2.05) is 0 Å². The molecule has 304 valence electrons. The predicted octanol–water partition coefficient (Wildman–Crippen LogP) is 11.1. The molecule has 5 unspecified atom stereocenters. The number of quaternary nitrogens is 1. The number of fused-ring (bicyclic) bond motifs is 6. The molecular formula is C54H47N7O. The minimum absolute atomic E-state index is 0.146. The van der Waals surface area contributed by atoms with Crippen molar-refractivity contribution in [2.24, 2.45) is 26.8 Å². The van der Waals surface area contributed by atoms with Gasteiger partial charge in [-0.3, -0.25) is 10.3 Å². The topological polar surface area (TPSA) is 97.9 Å². The normalized spacial score (nSPS) is 23.3. The maximum atomic E-state index is 6.51. The molecule has 2 aromatic heterocycles. The van der Waals surface area contributed by atoms with Gasteiger partial charge in [0.2, 0.25) is 5.84 Å². The summed E-state index contributed by atoms with van der Waals surface area (Å²) in [5.74, 6) is 3.99. The Labute approximate surface area is 360 Å². The highest BCUT2D eigenvalue weighted by atomic mass is 16.3. The number of amidine groups is 3. The molecule has 3 N–H and O–H groups in total. The first-order valence-corrected chi connectivity index (χ1v) is 22.2. The summed E-state index contributed by atoms with van der Waals surface area (Å²) in [4.78, 5) is 16.1. The van der Waals surface area contributed by atoms with Crippen LogP contribution in [0.5, 0.6) is 0 Å². The standard InChI is InChI=1S/C54H46N7O/c1-5-17-34(18-6-1)49-55-50(35-19-7-2-8-20-35)58-53(57-49)38-29-30-45(43(31-38)54-59-51(36-21-9-3-10-22-36)56-52(60-54)37-23-11-4-12-24-37)61-44-27-15-13-25-39(44)41-33-48-42(32-46(41)61)40-26-14-16-28-47(40)62-48/h1-11,13,15-21,25,27-33,36-37,49,51,53,57H,12,14,22-24,26H2,(H-,55,56,58,59,60)/q-1/p+1. The van der Waals surface area contributed by atoms with E-state index in [1.165, 1.54) is 16.3 Å². The van der Waals surface area contributed by atoms with Gasteiger partial charge in [-0.1, -0.05) is 109 Å². The number of para-hydroxylation sites is 1. The average Bonchev–Trinajstić information content (AvgIpc) is 3.88. The van der Waals surface area contributed by atoms with Crippen molar-refractivity contribution < 1.29 is 9.73 Å². The fourth-order valence-electron chi connectivity index (χ4n) is 10.0.